The van der Waals surface area contributed by atoms with Gasteiger partial charge in [-0.25, -0.2) is 4.39 Å². The minimum atomic E-state index is -0.539. The van der Waals surface area contributed by atoms with Gasteiger partial charge in [-0.1, -0.05) is 35.6 Å². The number of rotatable bonds is 2. The summed E-state index contributed by atoms with van der Waals surface area (Å²) >= 11 is 12.2. The SMILES string of the molecule is O=C1/C(=C/c2ccncc2)SC(=S)N1c1ccc(F)c(Cl)c1. The molecule has 1 aromatic heterocycles. The van der Waals surface area contributed by atoms with Crippen LogP contribution >= 0.6 is 35.6 Å². The molecule has 1 fully saturated rings. The number of aromatic nitrogens is 1. The smallest absolute Gasteiger partial charge is 0.268 e. The number of benzene rings is 1. The van der Waals surface area contributed by atoms with E-state index < -0.39 is 5.82 Å². The second-order valence-electron chi connectivity index (χ2n) is 4.40. The van der Waals surface area contributed by atoms with Crippen LogP contribution in [0.3, 0.4) is 0 Å². The van der Waals surface area contributed by atoms with Gasteiger partial charge in [-0.2, -0.15) is 0 Å². The fourth-order valence-corrected chi connectivity index (χ4v) is 3.40. The number of hydrogen-bond donors (Lipinski definition) is 0. The number of thiocarbonyl (C=S) groups is 1. The molecule has 1 aliphatic rings. The molecule has 2 heterocycles. The zero-order chi connectivity index (χ0) is 15.7. The Kier molecular flexibility index (Phi) is 4.24. The maximum Gasteiger partial charge on any atom is 0.270 e. The van der Waals surface area contributed by atoms with E-state index in [1.165, 1.54) is 34.9 Å². The first kappa shape index (κ1) is 15.1. The number of pyridine rings is 1. The van der Waals surface area contributed by atoms with Crippen LogP contribution in [0.4, 0.5) is 10.1 Å². The maximum atomic E-state index is 13.3. The van der Waals surface area contributed by atoms with E-state index in [0.29, 0.717) is 14.9 Å². The normalized spacial score (nSPS) is 16.6. The molecule has 1 saturated heterocycles. The third kappa shape index (κ3) is 2.90. The van der Waals surface area contributed by atoms with Crippen molar-refractivity contribution in [3.05, 3.63) is 64.0 Å². The largest absolute Gasteiger partial charge is 0.270 e. The van der Waals surface area contributed by atoms with Gasteiger partial charge in [0, 0.05) is 12.4 Å². The number of carbonyl (C=O) groups excluding carboxylic acids is 1. The lowest BCUT2D eigenvalue weighted by Gasteiger charge is -2.14. The zero-order valence-corrected chi connectivity index (χ0v) is 13.4. The minimum absolute atomic E-state index is 0.0512. The molecule has 0 atom stereocenters. The van der Waals surface area contributed by atoms with Gasteiger partial charge in [-0.05, 0) is 42.0 Å². The number of halogens is 2. The molecule has 22 heavy (non-hydrogen) atoms. The Morgan fingerprint density at radius 1 is 1.27 bits per heavy atom. The number of carbonyl (C=O) groups is 1. The van der Waals surface area contributed by atoms with Gasteiger partial charge in [0.15, 0.2) is 4.32 Å². The summed E-state index contributed by atoms with van der Waals surface area (Å²) < 4.78 is 13.6. The van der Waals surface area contributed by atoms with Crippen LogP contribution in [0.15, 0.2) is 47.6 Å². The van der Waals surface area contributed by atoms with Crippen molar-refractivity contribution in [2.45, 2.75) is 0 Å². The lowest BCUT2D eigenvalue weighted by Crippen LogP contribution is -2.27. The fraction of sp³-hybridized carbons (Fsp3) is 0. The topological polar surface area (TPSA) is 33.2 Å². The van der Waals surface area contributed by atoms with Crippen molar-refractivity contribution in [1.29, 1.82) is 0 Å². The van der Waals surface area contributed by atoms with Crippen molar-refractivity contribution < 1.29 is 9.18 Å². The summed E-state index contributed by atoms with van der Waals surface area (Å²) in [6.45, 7) is 0. The van der Waals surface area contributed by atoms with E-state index in [1.54, 1.807) is 30.6 Å². The summed E-state index contributed by atoms with van der Waals surface area (Å²) in [5, 5.41) is -0.0512. The second-order valence-corrected chi connectivity index (χ2v) is 6.48. The van der Waals surface area contributed by atoms with Crippen molar-refractivity contribution in [3.8, 4) is 0 Å². The summed E-state index contributed by atoms with van der Waals surface area (Å²) in [6, 6.07) is 7.66. The third-order valence-corrected chi connectivity index (χ3v) is 4.55. The van der Waals surface area contributed by atoms with Gasteiger partial charge in [0.2, 0.25) is 0 Å². The van der Waals surface area contributed by atoms with Crippen molar-refractivity contribution in [2.75, 3.05) is 4.90 Å². The summed E-state index contributed by atoms with van der Waals surface area (Å²) in [6.07, 6.45) is 5.03. The fourth-order valence-electron chi connectivity index (χ4n) is 1.93. The number of anilines is 1. The van der Waals surface area contributed by atoms with Gasteiger partial charge in [-0.15, -0.1) is 0 Å². The van der Waals surface area contributed by atoms with Crippen LogP contribution in [-0.2, 0) is 4.79 Å². The molecule has 110 valence electrons. The van der Waals surface area contributed by atoms with Crippen molar-refractivity contribution in [2.24, 2.45) is 0 Å². The average Bonchev–Trinajstić information content (AvgIpc) is 2.78. The van der Waals surface area contributed by atoms with Gasteiger partial charge in [0.05, 0.1) is 15.6 Å². The van der Waals surface area contributed by atoms with E-state index in [2.05, 4.69) is 4.98 Å². The van der Waals surface area contributed by atoms with Crippen LogP contribution < -0.4 is 4.90 Å². The molecule has 0 N–H and O–H groups in total. The van der Waals surface area contributed by atoms with Gasteiger partial charge >= 0.3 is 0 Å². The molecule has 1 amide bonds. The Morgan fingerprint density at radius 2 is 2.00 bits per heavy atom. The van der Waals surface area contributed by atoms with Crippen LogP contribution in [0.1, 0.15) is 5.56 Å². The van der Waals surface area contributed by atoms with Crippen LogP contribution in [0.2, 0.25) is 5.02 Å². The zero-order valence-electron chi connectivity index (χ0n) is 11.0. The standard InChI is InChI=1S/C15H8ClFN2OS2/c16-11-8-10(1-2-12(11)17)19-14(20)13(22-15(19)21)7-9-3-5-18-6-4-9/h1-8H/b13-7-. The molecule has 0 saturated carbocycles. The van der Waals surface area contributed by atoms with Crippen molar-refractivity contribution >= 4 is 57.6 Å². The van der Waals surface area contributed by atoms with Crippen LogP contribution in [0.5, 0.6) is 0 Å². The van der Waals surface area contributed by atoms with Crippen LogP contribution in [0, 0.1) is 5.82 Å². The molecule has 0 aliphatic carbocycles. The highest BCUT2D eigenvalue weighted by Gasteiger charge is 2.33. The number of thioether (sulfide) groups is 1. The summed E-state index contributed by atoms with van der Waals surface area (Å²) in [7, 11) is 0. The molecule has 0 spiro atoms. The van der Waals surface area contributed by atoms with Gasteiger partial charge < -0.3 is 0 Å². The lowest BCUT2D eigenvalue weighted by atomic mass is 10.2. The Balaban J connectivity index is 1.95. The molecule has 7 heteroatoms. The third-order valence-electron chi connectivity index (χ3n) is 2.96. The molecule has 0 bridgehead atoms. The minimum Gasteiger partial charge on any atom is -0.268 e. The predicted molar refractivity (Wildman–Crippen MR) is 91.3 cm³/mol. The van der Waals surface area contributed by atoms with E-state index >= 15 is 0 Å². The molecule has 0 radical (unpaired) electrons. The summed E-state index contributed by atoms with van der Waals surface area (Å²) in [5.41, 5.74) is 1.31. The van der Waals surface area contributed by atoms with E-state index in [0.717, 1.165) is 5.56 Å². The number of amides is 1. The Labute approximate surface area is 140 Å². The molecular weight excluding hydrogens is 343 g/mol. The Hall–Kier alpha value is -1.76. The monoisotopic (exact) mass is 350 g/mol. The molecule has 3 nitrogen and oxygen atoms in total. The number of nitrogens with zero attached hydrogens (tertiary/aromatic N) is 2. The molecular formula is C15H8ClFN2OS2. The van der Waals surface area contributed by atoms with Gasteiger partial charge in [0.1, 0.15) is 5.82 Å². The van der Waals surface area contributed by atoms with E-state index in [9.17, 15) is 9.18 Å². The maximum absolute atomic E-state index is 13.3. The molecule has 3 rings (SSSR count). The van der Waals surface area contributed by atoms with Gasteiger partial charge in [-0.3, -0.25) is 14.7 Å². The first-order valence-electron chi connectivity index (χ1n) is 6.19. The highest BCUT2D eigenvalue weighted by atomic mass is 35.5. The highest BCUT2D eigenvalue weighted by Crippen LogP contribution is 2.37. The Morgan fingerprint density at radius 3 is 2.68 bits per heavy atom. The molecule has 0 unspecified atom stereocenters. The molecule has 1 aliphatic heterocycles. The van der Waals surface area contributed by atoms with E-state index in [4.69, 9.17) is 23.8 Å². The lowest BCUT2D eigenvalue weighted by molar-refractivity contribution is -0.113. The van der Waals surface area contributed by atoms with Crippen LogP contribution in [0.25, 0.3) is 6.08 Å². The number of hydrogen-bond acceptors (Lipinski definition) is 4. The van der Waals surface area contributed by atoms with E-state index in [-0.39, 0.29) is 10.9 Å². The van der Waals surface area contributed by atoms with Crippen LogP contribution in [-0.4, -0.2) is 15.2 Å². The van der Waals surface area contributed by atoms with Crippen molar-refractivity contribution in [3.63, 3.8) is 0 Å². The predicted octanol–water partition coefficient (Wildman–Crippen LogP) is 4.28. The highest BCUT2D eigenvalue weighted by molar-refractivity contribution is 8.27. The first-order valence-corrected chi connectivity index (χ1v) is 7.79. The van der Waals surface area contributed by atoms with E-state index in [1.807, 2.05) is 0 Å². The molecule has 2 aromatic rings. The molecule has 1 aromatic carbocycles. The first-order chi connectivity index (χ1) is 10.6. The summed E-state index contributed by atoms with van der Waals surface area (Å²) in [5.74, 6) is -0.794. The van der Waals surface area contributed by atoms with Gasteiger partial charge in [0.25, 0.3) is 5.91 Å². The quantitative estimate of drug-likeness (QED) is 0.598. The van der Waals surface area contributed by atoms with Crippen molar-refractivity contribution in [1.82, 2.24) is 4.98 Å². The Bertz CT molecular complexity index is 795. The second kappa shape index (κ2) is 6.16. The summed E-state index contributed by atoms with van der Waals surface area (Å²) in [4.78, 5) is 18.3. The average molecular weight is 351 g/mol.